The lowest BCUT2D eigenvalue weighted by molar-refractivity contribution is -0.146. The van der Waals surface area contributed by atoms with E-state index in [2.05, 4.69) is 34.3 Å². The minimum Gasteiger partial charge on any atom is -0.396 e. The smallest absolute Gasteiger partial charge is 0.314 e. The van der Waals surface area contributed by atoms with Crippen LogP contribution in [-0.4, -0.2) is 53.5 Å². The Hall–Kier alpha value is -3.46. The van der Waals surface area contributed by atoms with Gasteiger partial charge in [0.2, 0.25) is 0 Å². The molecule has 170 valence electrons. The van der Waals surface area contributed by atoms with Crippen LogP contribution in [0, 0.1) is 11.3 Å². The maximum Gasteiger partial charge on any atom is 0.314 e. The zero-order valence-electron chi connectivity index (χ0n) is 18.8. The molecule has 2 aromatic rings. The first-order chi connectivity index (χ1) is 15.2. The molecule has 9 nitrogen and oxygen atoms in total. The number of carbonyl (C=O) groups excluding carboxylic acids is 2. The molecule has 1 aromatic heterocycles. The molecule has 0 unspecified atom stereocenters. The van der Waals surface area contributed by atoms with Gasteiger partial charge in [-0.2, -0.15) is 0 Å². The number of nitrogen functional groups attached to an aromatic ring is 2. The lowest BCUT2D eigenvalue weighted by atomic mass is 9.89. The standard InChI is InChI=1S/C23H31N7O2/c1-14-7-8-19(16-6-4-5-15(9-16)13-29(2)3)30(12-14)23(32)22(31)28-18-11-27-21(26)17(10-24)20(18)25/h4-6,9-11,14,19,24H,7-8,12-13H2,1-3H3,(H,28,31)(H4,25,26,27)/t14-,19+/m0/s1. The predicted molar refractivity (Wildman–Crippen MR) is 126 cm³/mol. The van der Waals surface area contributed by atoms with Crippen molar-refractivity contribution in [1.82, 2.24) is 14.8 Å². The van der Waals surface area contributed by atoms with Gasteiger partial charge in [0.15, 0.2) is 0 Å². The van der Waals surface area contributed by atoms with E-state index in [1.165, 1.54) is 6.20 Å². The first kappa shape index (κ1) is 23.2. The first-order valence-corrected chi connectivity index (χ1v) is 10.6. The largest absolute Gasteiger partial charge is 0.396 e. The fourth-order valence-corrected chi connectivity index (χ4v) is 4.10. The highest BCUT2D eigenvalue weighted by molar-refractivity contribution is 6.40. The van der Waals surface area contributed by atoms with Crippen LogP contribution in [0.15, 0.2) is 30.5 Å². The fourth-order valence-electron chi connectivity index (χ4n) is 4.10. The van der Waals surface area contributed by atoms with E-state index in [-0.39, 0.29) is 28.8 Å². The molecule has 1 fully saturated rings. The Morgan fingerprint density at radius 3 is 2.75 bits per heavy atom. The Bertz CT molecular complexity index is 1020. The van der Waals surface area contributed by atoms with E-state index in [1.807, 2.05) is 26.2 Å². The number of nitrogens with one attached hydrogen (secondary N) is 2. The summed E-state index contributed by atoms with van der Waals surface area (Å²) in [7, 11) is 4.02. The van der Waals surface area contributed by atoms with Gasteiger partial charge in [-0.25, -0.2) is 4.98 Å². The molecule has 6 N–H and O–H groups in total. The van der Waals surface area contributed by atoms with Crippen LogP contribution in [0.5, 0.6) is 0 Å². The number of nitrogens with zero attached hydrogens (tertiary/aromatic N) is 3. The Morgan fingerprint density at radius 2 is 2.06 bits per heavy atom. The highest BCUT2D eigenvalue weighted by atomic mass is 16.2. The number of hydrogen-bond donors (Lipinski definition) is 4. The van der Waals surface area contributed by atoms with Crippen molar-refractivity contribution >= 4 is 35.2 Å². The van der Waals surface area contributed by atoms with Crippen molar-refractivity contribution in [2.24, 2.45) is 5.92 Å². The van der Waals surface area contributed by atoms with E-state index < -0.39 is 11.8 Å². The summed E-state index contributed by atoms with van der Waals surface area (Å²) in [6.45, 7) is 3.37. The van der Waals surface area contributed by atoms with Gasteiger partial charge in [0.1, 0.15) is 5.82 Å². The van der Waals surface area contributed by atoms with Crippen LogP contribution >= 0.6 is 0 Å². The quantitative estimate of drug-likeness (QED) is 0.417. The van der Waals surface area contributed by atoms with Crippen LogP contribution in [0.3, 0.4) is 0 Å². The van der Waals surface area contributed by atoms with Crippen molar-refractivity contribution in [3.8, 4) is 0 Å². The third-order valence-corrected chi connectivity index (χ3v) is 5.69. The van der Waals surface area contributed by atoms with Gasteiger partial charge in [-0.3, -0.25) is 9.59 Å². The number of hydrogen-bond acceptors (Lipinski definition) is 7. The molecular weight excluding hydrogens is 406 g/mol. The Kier molecular flexibility index (Phi) is 7.09. The molecule has 2 heterocycles. The molecular formula is C23H31N7O2. The van der Waals surface area contributed by atoms with Crippen LogP contribution in [0.25, 0.3) is 0 Å². The van der Waals surface area contributed by atoms with Gasteiger partial charge in [-0.15, -0.1) is 0 Å². The lowest BCUT2D eigenvalue weighted by Crippen LogP contribution is -2.46. The van der Waals surface area contributed by atoms with Crippen molar-refractivity contribution in [3.63, 3.8) is 0 Å². The minimum absolute atomic E-state index is 0.0874. The Morgan fingerprint density at radius 1 is 1.31 bits per heavy atom. The third kappa shape index (κ3) is 5.05. The summed E-state index contributed by atoms with van der Waals surface area (Å²) >= 11 is 0. The van der Waals surface area contributed by atoms with Gasteiger partial charge in [0.05, 0.1) is 29.2 Å². The zero-order chi connectivity index (χ0) is 23.4. The zero-order valence-corrected chi connectivity index (χ0v) is 18.8. The average molecular weight is 438 g/mol. The van der Waals surface area contributed by atoms with Crippen LogP contribution in [-0.2, 0) is 16.1 Å². The molecule has 1 aliphatic rings. The van der Waals surface area contributed by atoms with Gasteiger partial charge >= 0.3 is 11.8 Å². The molecule has 0 radical (unpaired) electrons. The number of amides is 2. The monoisotopic (exact) mass is 437 g/mol. The number of benzene rings is 1. The summed E-state index contributed by atoms with van der Waals surface area (Å²) in [5.74, 6) is -1.03. The molecule has 1 aromatic carbocycles. The number of carbonyl (C=O) groups is 2. The van der Waals surface area contributed by atoms with Gasteiger partial charge < -0.3 is 32.0 Å². The molecule has 2 atom stereocenters. The summed E-state index contributed by atoms with van der Waals surface area (Å²) in [5.41, 5.74) is 14.4. The normalized spacial score (nSPS) is 18.4. The second kappa shape index (κ2) is 9.78. The van der Waals surface area contributed by atoms with Crippen LogP contribution in [0.1, 0.15) is 42.5 Å². The number of pyridine rings is 1. The molecule has 1 aliphatic heterocycles. The summed E-state index contributed by atoms with van der Waals surface area (Å²) in [6.07, 6.45) is 4.03. The van der Waals surface area contributed by atoms with Gasteiger partial charge in [0, 0.05) is 19.3 Å². The van der Waals surface area contributed by atoms with Crippen molar-refractivity contribution < 1.29 is 9.59 Å². The van der Waals surface area contributed by atoms with Crippen LogP contribution in [0.2, 0.25) is 0 Å². The SMILES string of the molecule is C[C@H]1CC[C@H](c2cccc(CN(C)C)c2)N(C(=O)C(=O)Nc2cnc(N)c(C=N)c2N)C1. The van der Waals surface area contributed by atoms with Crippen LogP contribution in [0.4, 0.5) is 17.2 Å². The van der Waals surface area contributed by atoms with E-state index in [4.69, 9.17) is 16.9 Å². The number of rotatable bonds is 5. The number of anilines is 3. The maximum atomic E-state index is 13.2. The highest BCUT2D eigenvalue weighted by Gasteiger charge is 2.34. The molecule has 0 saturated carbocycles. The molecule has 0 bridgehead atoms. The van der Waals surface area contributed by atoms with E-state index in [1.54, 1.807) is 4.90 Å². The van der Waals surface area contributed by atoms with Gasteiger partial charge in [-0.05, 0) is 44.0 Å². The van der Waals surface area contributed by atoms with E-state index in [0.29, 0.717) is 12.5 Å². The lowest BCUT2D eigenvalue weighted by Gasteiger charge is -2.38. The van der Waals surface area contributed by atoms with E-state index in [0.717, 1.165) is 36.7 Å². The molecule has 3 rings (SSSR count). The minimum atomic E-state index is -0.789. The van der Waals surface area contributed by atoms with Crippen molar-refractivity contribution in [2.75, 3.05) is 37.4 Å². The third-order valence-electron chi connectivity index (χ3n) is 5.69. The molecule has 0 spiro atoms. The van der Waals surface area contributed by atoms with Crippen LogP contribution < -0.4 is 16.8 Å². The molecule has 32 heavy (non-hydrogen) atoms. The molecule has 9 heteroatoms. The van der Waals surface area contributed by atoms with Crippen molar-refractivity contribution in [1.29, 1.82) is 5.41 Å². The molecule has 0 aliphatic carbocycles. The fraction of sp³-hybridized carbons (Fsp3) is 0.391. The van der Waals surface area contributed by atoms with Gasteiger partial charge in [0.25, 0.3) is 0 Å². The second-order valence-corrected chi connectivity index (χ2v) is 8.62. The van der Waals surface area contributed by atoms with Crippen molar-refractivity contribution in [2.45, 2.75) is 32.4 Å². The first-order valence-electron chi connectivity index (χ1n) is 10.6. The average Bonchev–Trinajstić information content (AvgIpc) is 2.75. The highest BCUT2D eigenvalue weighted by Crippen LogP contribution is 2.34. The number of piperidine rings is 1. The second-order valence-electron chi connectivity index (χ2n) is 8.62. The number of likely N-dealkylation sites (tertiary alicyclic amines) is 1. The summed E-state index contributed by atoms with van der Waals surface area (Å²) in [6, 6.07) is 8.00. The summed E-state index contributed by atoms with van der Waals surface area (Å²) < 4.78 is 0. The summed E-state index contributed by atoms with van der Waals surface area (Å²) in [4.78, 5) is 33.8. The Labute approximate surface area is 188 Å². The van der Waals surface area contributed by atoms with Crippen molar-refractivity contribution in [3.05, 3.63) is 47.2 Å². The predicted octanol–water partition coefficient (Wildman–Crippen LogP) is 2.24. The molecule has 2 amide bonds. The summed E-state index contributed by atoms with van der Waals surface area (Å²) in [5, 5.41) is 9.99. The Balaban J connectivity index is 1.84. The van der Waals surface area contributed by atoms with E-state index in [9.17, 15) is 9.59 Å². The maximum absolute atomic E-state index is 13.2. The van der Waals surface area contributed by atoms with Gasteiger partial charge in [-0.1, -0.05) is 31.2 Å². The number of aromatic nitrogens is 1. The molecule has 1 saturated heterocycles. The topological polar surface area (TPSA) is 141 Å². The van der Waals surface area contributed by atoms with E-state index >= 15 is 0 Å². The number of nitrogens with two attached hydrogens (primary N) is 2.